The van der Waals surface area contributed by atoms with Crippen molar-refractivity contribution in [3.63, 3.8) is 0 Å². The quantitative estimate of drug-likeness (QED) is 0.593. The van der Waals surface area contributed by atoms with Crippen LogP contribution in [0.3, 0.4) is 0 Å². The zero-order valence-electron chi connectivity index (χ0n) is 7.18. The Hall–Kier alpha value is -1.07. The van der Waals surface area contributed by atoms with Gasteiger partial charge >= 0.3 is 0 Å². The fraction of sp³-hybridized carbons (Fsp3) is 0.400. The molecule has 1 aromatic rings. The largest absolute Gasteiger partial charge is 0.241 e. The van der Waals surface area contributed by atoms with Gasteiger partial charge in [0.2, 0.25) is 0 Å². The Morgan fingerprint density at radius 1 is 1.38 bits per heavy atom. The number of nitriles is 1. The summed E-state index contributed by atoms with van der Waals surface area (Å²) in [6, 6.07) is 3.83. The molecule has 0 unspecified atom stereocenters. The summed E-state index contributed by atoms with van der Waals surface area (Å²) in [6.07, 6.45) is 4.25. The number of rotatable bonds is 0. The Bertz CT molecular complexity index is 379. The maximum absolute atomic E-state index is 8.88. The van der Waals surface area contributed by atoms with Gasteiger partial charge in [0.15, 0.2) is 0 Å². The Morgan fingerprint density at radius 2 is 2.15 bits per heavy atom. The highest BCUT2D eigenvalue weighted by atomic mass is 35.5. The van der Waals surface area contributed by atoms with Crippen LogP contribution in [0.5, 0.6) is 0 Å². The van der Waals surface area contributed by atoms with E-state index in [9.17, 15) is 0 Å². The second-order valence-corrected chi connectivity index (χ2v) is 3.62. The average Bonchev–Trinajstić information content (AvgIpc) is 2.16. The molecular weight excluding hydrogens is 184 g/mol. The molecule has 0 radical (unpaired) electrons. The molecular formula is C10H9ClN2. The smallest absolute Gasteiger partial charge is 0.130 e. The van der Waals surface area contributed by atoms with Crippen molar-refractivity contribution in [1.82, 2.24) is 4.98 Å². The highest BCUT2D eigenvalue weighted by Crippen LogP contribution is 2.24. The van der Waals surface area contributed by atoms with Crippen molar-refractivity contribution in [1.29, 1.82) is 5.26 Å². The fourth-order valence-electron chi connectivity index (χ4n) is 1.77. The normalized spacial score (nSPS) is 14.8. The number of hydrogen-bond acceptors (Lipinski definition) is 2. The number of nitrogens with zero attached hydrogens (tertiary/aromatic N) is 2. The molecule has 1 aliphatic rings. The number of aromatic nitrogens is 1. The van der Waals surface area contributed by atoms with Gasteiger partial charge < -0.3 is 0 Å². The maximum atomic E-state index is 8.88. The molecule has 1 heterocycles. The van der Waals surface area contributed by atoms with E-state index in [1.165, 1.54) is 0 Å². The highest BCUT2D eigenvalue weighted by molar-refractivity contribution is 6.29. The van der Waals surface area contributed by atoms with Crippen molar-refractivity contribution in [2.75, 3.05) is 0 Å². The van der Waals surface area contributed by atoms with Gasteiger partial charge in [0, 0.05) is 5.69 Å². The monoisotopic (exact) mass is 192 g/mol. The predicted octanol–water partition coefficient (Wildman–Crippen LogP) is 2.49. The molecule has 0 fully saturated rings. The molecule has 0 aliphatic heterocycles. The van der Waals surface area contributed by atoms with Gasteiger partial charge in [-0.15, -0.1) is 0 Å². The van der Waals surface area contributed by atoms with Gasteiger partial charge in [-0.1, -0.05) is 11.6 Å². The minimum absolute atomic E-state index is 0.442. The molecule has 13 heavy (non-hydrogen) atoms. The van der Waals surface area contributed by atoms with E-state index in [4.69, 9.17) is 16.9 Å². The van der Waals surface area contributed by atoms with Crippen molar-refractivity contribution in [3.8, 4) is 6.07 Å². The number of halogens is 1. The van der Waals surface area contributed by atoms with Crippen molar-refractivity contribution in [3.05, 3.63) is 28.0 Å². The molecule has 0 N–H and O–H groups in total. The third kappa shape index (κ3) is 1.52. The van der Waals surface area contributed by atoms with Crippen molar-refractivity contribution >= 4 is 11.6 Å². The topological polar surface area (TPSA) is 36.7 Å². The van der Waals surface area contributed by atoms with Crippen LogP contribution in [0.25, 0.3) is 0 Å². The summed E-state index contributed by atoms with van der Waals surface area (Å²) >= 11 is 5.80. The highest BCUT2D eigenvalue weighted by Gasteiger charge is 2.15. The van der Waals surface area contributed by atoms with Gasteiger partial charge in [0.1, 0.15) is 5.15 Å². The molecule has 0 bridgehead atoms. The lowest BCUT2D eigenvalue weighted by atomic mass is 9.93. The minimum atomic E-state index is 0.442. The summed E-state index contributed by atoms with van der Waals surface area (Å²) in [6.45, 7) is 0. The molecule has 0 saturated carbocycles. The van der Waals surface area contributed by atoms with Crippen LogP contribution in [-0.2, 0) is 12.8 Å². The van der Waals surface area contributed by atoms with E-state index in [1.807, 2.05) is 0 Å². The van der Waals surface area contributed by atoms with Gasteiger partial charge in [0.05, 0.1) is 11.6 Å². The van der Waals surface area contributed by atoms with E-state index in [2.05, 4.69) is 11.1 Å². The van der Waals surface area contributed by atoms with Gasteiger partial charge in [-0.3, -0.25) is 0 Å². The van der Waals surface area contributed by atoms with Crippen LogP contribution in [0.1, 0.15) is 29.7 Å². The lowest BCUT2D eigenvalue weighted by Gasteiger charge is -2.15. The van der Waals surface area contributed by atoms with Crippen LogP contribution in [0, 0.1) is 11.3 Å². The molecule has 2 nitrogen and oxygen atoms in total. The van der Waals surface area contributed by atoms with Crippen LogP contribution in [0.4, 0.5) is 0 Å². The maximum Gasteiger partial charge on any atom is 0.130 e. The van der Waals surface area contributed by atoms with Crippen LogP contribution < -0.4 is 0 Å². The predicted molar refractivity (Wildman–Crippen MR) is 50.6 cm³/mol. The van der Waals surface area contributed by atoms with E-state index in [1.54, 1.807) is 6.07 Å². The first kappa shape index (κ1) is 8.52. The standard InChI is InChI=1S/C10H9ClN2/c11-10-5-7(6-12)8-3-1-2-4-9(8)13-10/h5H,1-4H2. The van der Waals surface area contributed by atoms with E-state index >= 15 is 0 Å². The Labute approximate surface area is 82.2 Å². The summed E-state index contributed by atoms with van der Waals surface area (Å²) in [5.74, 6) is 0. The first-order valence-corrected chi connectivity index (χ1v) is 4.77. The van der Waals surface area contributed by atoms with E-state index < -0.39 is 0 Å². The van der Waals surface area contributed by atoms with Crippen molar-refractivity contribution in [2.24, 2.45) is 0 Å². The Morgan fingerprint density at radius 3 is 2.92 bits per heavy atom. The molecule has 0 aromatic carbocycles. The van der Waals surface area contributed by atoms with Gasteiger partial charge in [-0.2, -0.15) is 5.26 Å². The summed E-state index contributed by atoms with van der Waals surface area (Å²) in [7, 11) is 0. The zero-order chi connectivity index (χ0) is 9.26. The van der Waals surface area contributed by atoms with Crippen molar-refractivity contribution in [2.45, 2.75) is 25.7 Å². The second kappa shape index (κ2) is 3.35. The third-order valence-corrected chi connectivity index (χ3v) is 2.58. The number of fused-ring (bicyclic) bond motifs is 1. The molecule has 0 amide bonds. The van der Waals surface area contributed by atoms with Gasteiger partial charge in [0.25, 0.3) is 0 Å². The first-order chi connectivity index (χ1) is 6.31. The lowest BCUT2D eigenvalue weighted by molar-refractivity contribution is 0.666. The molecule has 0 saturated heterocycles. The molecule has 2 rings (SSSR count). The van der Waals surface area contributed by atoms with Crippen LogP contribution in [-0.4, -0.2) is 4.98 Å². The summed E-state index contributed by atoms with van der Waals surface area (Å²) in [4.78, 5) is 4.24. The van der Waals surface area contributed by atoms with E-state index in [-0.39, 0.29) is 0 Å². The van der Waals surface area contributed by atoms with Gasteiger partial charge in [-0.25, -0.2) is 4.98 Å². The third-order valence-electron chi connectivity index (χ3n) is 2.39. The van der Waals surface area contributed by atoms with Crippen molar-refractivity contribution < 1.29 is 0 Å². The Kier molecular flexibility index (Phi) is 2.20. The zero-order valence-corrected chi connectivity index (χ0v) is 7.93. The van der Waals surface area contributed by atoms with E-state index in [0.29, 0.717) is 10.7 Å². The summed E-state index contributed by atoms with van der Waals surface area (Å²) < 4.78 is 0. The first-order valence-electron chi connectivity index (χ1n) is 4.39. The summed E-state index contributed by atoms with van der Waals surface area (Å²) in [5, 5.41) is 9.32. The second-order valence-electron chi connectivity index (χ2n) is 3.24. The van der Waals surface area contributed by atoms with Gasteiger partial charge in [-0.05, 0) is 37.3 Å². The van der Waals surface area contributed by atoms with Crippen LogP contribution in [0.2, 0.25) is 5.15 Å². The average molecular weight is 193 g/mol. The lowest BCUT2D eigenvalue weighted by Crippen LogP contribution is -2.07. The van der Waals surface area contributed by atoms with Crippen LogP contribution >= 0.6 is 11.6 Å². The number of pyridine rings is 1. The Balaban J connectivity index is 2.58. The minimum Gasteiger partial charge on any atom is -0.241 e. The molecule has 3 heteroatoms. The SMILES string of the molecule is N#Cc1cc(Cl)nc2c1CCCC2. The molecule has 1 aromatic heterocycles. The van der Waals surface area contributed by atoms with Crippen LogP contribution in [0.15, 0.2) is 6.07 Å². The fourth-order valence-corrected chi connectivity index (χ4v) is 1.98. The number of aryl methyl sites for hydroxylation is 1. The molecule has 0 spiro atoms. The molecule has 1 aliphatic carbocycles. The summed E-state index contributed by atoms with van der Waals surface area (Å²) in [5.41, 5.74) is 2.84. The number of hydrogen-bond donors (Lipinski definition) is 0. The molecule has 66 valence electrons. The molecule has 0 atom stereocenters. The van der Waals surface area contributed by atoms with E-state index in [0.717, 1.165) is 36.9 Å².